The number of likely N-dealkylation sites (tertiary alicyclic amines) is 1. The maximum atomic E-state index is 12.0. The summed E-state index contributed by atoms with van der Waals surface area (Å²) in [6.07, 6.45) is 2.16. The van der Waals surface area contributed by atoms with Crippen LogP contribution in [0.5, 0.6) is 0 Å². The molecule has 2 amide bonds. The summed E-state index contributed by atoms with van der Waals surface area (Å²) in [5.41, 5.74) is -0.343. The van der Waals surface area contributed by atoms with E-state index in [4.69, 9.17) is 4.74 Å². The number of imide groups is 1. The number of rotatable bonds is 7. The molecule has 1 heterocycles. The minimum atomic E-state index is -0.179. The minimum absolute atomic E-state index is 0.0376. The Labute approximate surface area is 122 Å². The number of amides is 2. The summed E-state index contributed by atoms with van der Waals surface area (Å²) in [5, 5.41) is 0. The van der Waals surface area contributed by atoms with Gasteiger partial charge in [0.2, 0.25) is 11.8 Å². The summed E-state index contributed by atoms with van der Waals surface area (Å²) in [6.45, 7) is 13.2. The normalized spacial score (nSPS) is 23.3. The second kappa shape index (κ2) is 6.25. The number of hydrogen-bond acceptors (Lipinski definition) is 3. The van der Waals surface area contributed by atoms with Crippen LogP contribution in [0.1, 0.15) is 60.8 Å². The molecule has 116 valence electrons. The van der Waals surface area contributed by atoms with Gasteiger partial charge >= 0.3 is 0 Å². The van der Waals surface area contributed by atoms with Gasteiger partial charge in [-0.2, -0.15) is 0 Å². The fourth-order valence-corrected chi connectivity index (χ4v) is 2.13. The highest BCUT2D eigenvalue weighted by Gasteiger charge is 2.40. The average Bonchev–Trinajstić information content (AvgIpc) is 2.63. The predicted octanol–water partition coefficient (Wildman–Crippen LogP) is 3.00. The predicted molar refractivity (Wildman–Crippen MR) is 79.2 cm³/mol. The smallest absolute Gasteiger partial charge is 0.232 e. The molecule has 1 fully saturated rings. The van der Waals surface area contributed by atoms with Gasteiger partial charge in [-0.05, 0) is 26.7 Å². The Morgan fingerprint density at radius 3 is 2.20 bits per heavy atom. The first-order chi connectivity index (χ1) is 9.14. The number of carbonyl (C=O) groups is 2. The molecule has 1 aliphatic heterocycles. The highest BCUT2D eigenvalue weighted by atomic mass is 16.5. The fourth-order valence-electron chi connectivity index (χ4n) is 2.13. The lowest BCUT2D eigenvalue weighted by atomic mass is 9.87. The van der Waals surface area contributed by atoms with Crippen LogP contribution in [0.25, 0.3) is 0 Å². The third kappa shape index (κ3) is 4.05. The number of carbonyl (C=O) groups excluding carboxylic acids is 2. The molecule has 0 N–H and O–H groups in total. The van der Waals surface area contributed by atoms with Gasteiger partial charge < -0.3 is 4.74 Å². The molecule has 0 spiro atoms. The van der Waals surface area contributed by atoms with E-state index in [0.29, 0.717) is 19.6 Å². The summed E-state index contributed by atoms with van der Waals surface area (Å²) in [6, 6.07) is 0. The van der Waals surface area contributed by atoms with Crippen molar-refractivity contribution in [1.82, 2.24) is 4.90 Å². The topological polar surface area (TPSA) is 46.6 Å². The number of ether oxygens (including phenoxy) is 1. The molecule has 0 aromatic rings. The standard InChI is InChI=1S/C16H29NO3/c1-7-15(4,5)20-11-16(6,8-2)10-17-13(18)9-12(3)14(17)19/h12H,7-11H2,1-6H3. The van der Waals surface area contributed by atoms with Crippen molar-refractivity contribution in [3.8, 4) is 0 Å². The maximum Gasteiger partial charge on any atom is 0.232 e. The Kier molecular flexibility index (Phi) is 5.36. The Bertz CT molecular complexity index is 378. The number of hydrogen-bond donors (Lipinski definition) is 0. The van der Waals surface area contributed by atoms with Crippen molar-refractivity contribution in [2.75, 3.05) is 13.2 Å². The molecule has 0 saturated carbocycles. The quantitative estimate of drug-likeness (QED) is 0.675. The minimum Gasteiger partial charge on any atom is -0.375 e. The van der Waals surface area contributed by atoms with E-state index < -0.39 is 0 Å². The Morgan fingerprint density at radius 1 is 1.20 bits per heavy atom. The molecule has 4 nitrogen and oxygen atoms in total. The van der Waals surface area contributed by atoms with Crippen LogP contribution >= 0.6 is 0 Å². The van der Waals surface area contributed by atoms with Gasteiger partial charge in [-0.25, -0.2) is 0 Å². The summed E-state index contributed by atoms with van der Waals surface area (Å²) in [4.78, 5) is 25.4. The van der Waals surface area contributed by atoms with Crippen LogP contribution < -0.4 is 0 Å². The van der Waals surface area contributed by atoms with Crippen LogP contribution in [0.4, 0.5) is 0 Å². The van der Waals surface area contributed by atoms with E-state index in [2.05, 4.69) is 34.6 Å². The summed E-state index contributed by atoms with van der Waals surface area (Å²) >= 11 is 0. The van der Waals surface area contributed by atoms with Crippen LogP contribution in [-0.2, 0) is 14.3 Å². The maximum absolute atomic E-state index is 12.0. The van der Waals surface area contributed by atoms with E-state index in [1.165, 1.54) is 4.90 Å². The van der Waals surface area contributed by atoms with Crippen molar-refractivity contribution in [1.29, 1.82) is 0 Å². The van der Waals surface area contributed by atoms with Crippen LogP contribution in [0.2, 0.25) is 0 Å². The van der Waals surface area contributed by atoms with Crippen LogP contribution in [0.3, 0.4) is 0 Å². The zero-order valence-electron chi connectivity index (χ0n) is 13.8. The van der Waals surface area contributed by atoms with E-state index in [1.54, 1.807) is 0 Å². The van der Waals surface area contributed by atoms with Gasteiger partial charge in [0.1, 0.15) is 0 Å². The molecule has 1 rings (SSSR count). The van der Waals surface area contributed by atoms with Crippen LogP contribution in [0.15, 0.2) is 0 Å². The van der Waals surface area contributed by atoms with Gasteiger partial charge in [0, 0.05) is 24.3 Å². The van der Waals surface area contributed by atoms with Gasteiger partial charge in [-0.3, -0.25) is 14.5 Å². The van der Waals surface area contributed by atoms with Crippen molar-refractivity contribution >= 4 is 11.8 Å². The number of nitrogens with zero attached hydrogens (tertiary/aromatic N) is 1. The van der Waals surface area contributed by atoms with Crippen LogP contribution in [-0.4, -0.2) is 35.5 Å². The Morgan fingerprint density at radius 2 is 1.80 bits per heavy atom. The first-order valence-electron chi connectivity index (χ1n) is 7.62. The average molecular weight is 283 g/mol. The highest BCUT2D eigenvalue weighted by Crippen LogP contribution is 2.30. The molecule has 2 atom stereocenters. The van der Waals surface area contributed by atoms with Crippen molar-refractivity contribution in [3.05, 3.63) is 0 Å². The van der Waals surface area contributed by atoms with Gasteiger partial charge in [0.25, 0.3) is 0 Å². The first-order valence-corrected chi connectivity index (χ1v) is 7.62. The van der Waals surface area contributed by atoms with E-state index in [0.717, 1.165) is 12.8 Å². The largest absolute Gasteiger partial charge is 0.375 e. The summed E-state index contributed by atoms with van der Waals surface area (Å²) in [5.74, 6) is -0.252. The zero-order valence-corrected chi connectivity index (χ0v) is 13.8. The van der Waals surface area contributed by atoms with Gasteiger partial charge in [-0.1, -0.05) is 27.7 Å². The molecule has 4 heteroatoms. The molecule has 0 radical (unpaired) electrons. The molecule has 1 saturated heterocycles. The van der Waals surface area contributed by atoms with Crippen molar-refractivity contribution < 1.29 is 14.3 Å². The third-order valence-electron chi connectivity index (χ3n) is 4.53. The molecule has 0 aromatic heterocycles. The lowest BCUT2D eigenvalue weighted by molar-refractivity contribution is -0.142. The van der Waals surface area contributed by atoms with E-state index in [9.17, 15) is 9.59 Å². The lowest BCUT2D eigenvalue weighted by Crippen LogP contribution is -2.43. The third-order valence-corrected chi connectivity index (χ3v) is 4.53. The monoisotopic (exact) mass is 283 g/mol. The fraction of sp³-hybridized carbons (Fsp3) is 0.875. The summed E-state index contributed by atoms with van der Waals surface area (Å²) < 4.78 is 5.99. The van der Waals surface area contributed by atoms with Crippen molar-refractivity contribution in [2.24, 2.45) is 11.3 Å². The van der Waals surface area contributed by atoms with Crippen molar-refractivity contribution in [2.45, 2.75) is 66.4 Å². The first kappa shape index (κ1) is 17.2. The molecular formula is C16H29NO3. The molecule has 2 unspecified atom stereocenters. The molecular weight excluding hydrogens is 254 g/mol. The van der Waals surface area contributed by atoms with Gasteiger partial charge in [0.05, 0.1) is 12.2 Å². The van der Waals surface area contributed by atoms with Gasteiger partial charge in [-0.15, -0.1) is 0 Å². The van der Waals surface area contributed by atoms with Crippen LogP contribution in [0, 0.1) is 11.3 Å². The molecule has 0 aliphatic carbocycles. The lowest BCUT2D eigenvalue weighted by Gasteiger charge is -2.35. The van der Waals surface area contributed by atoms with E-state index in [1.807, 2.05) is 6.92 Å². The Hall–Kier alpha value is -0.900. The van der Waals surface area contributed by atoms with Crippen molar-refractivity contribution in [3.63, 3.8) is 0 Å². The van der Waals surface area contributed by atoms with Gasteiger partial charge in [0.15, 0.2) is 0 Å². The SMILES string of the molecule is CCC(C)(COC(C)(C)CC)CN1C(=O)CC(C)C1=O. The second-order valence-electron chi connectivity index (χ2n) is 6.99. The second-order valence-corrected chi connectivity index (χ2v) is 6.99. The zero-order chi connectivity index (χ0) is 15.6. The van der Waals surface area contributed by atoms with E-state index >= 15 is 0 Å². The molecule has 1 aliphatic rings. The molecule has 0 aromatic carbocycles. The van der Waals surface area contributed by atoms with E-state index in [-0.39, 0.29) is 28.7 Å². The highest BCUT2D eigenvalue weighted by molar-refractivity contribution is 6.03. The summed E-state index contributed by atoms with van der Waals surface area (Å²) in [7, 11) is 0. The Balaban J connectivity index is 2.70. The molecule has 20 heavy (non-hydrogen) atoms. The molecule has 0 bridgehead atoms.